The summed E-state index contributed by atoms with van der Waals surface area (Å²) in [4.78, 5) is 16.6. The molecule has 0 unspecified atom stereocenters. The number of aryl methyl sites for hydroxylation is 1. The van der Waals surface area contributed by atoms with Gasteiger partial charge in [0.25, 0.3) is 0 Å². The van der Waals surface area contributed by atoms with Gasteiger partial charge in [0.1, 0.15) is 0 Å². The first kappa shape index (κ1) is 14.8. The van der Waals surface area contributed by atoms with E-state index < -0.39 is 0 Å². The van der Waals surface area contributed by atoms with Crippen molar-refractivity contribution < 1.29 is 9.32 Å². The van der Waals surface area contributed by atoms with Crippen LogP contribution in [-0.2, 0) is 11.2 Å². The molecule has 0 radical (unpaired) electrons. The molecule has 3 rings (SSSR count). The molecule has 1 heterocycles. The summed E-state index contributed by atoms with van der Waals surface area (Å²) in [5, 5.41) is 6.88. The Morgan fingerprint density at radius 3 is 2.77 bits per heavy atom. The van der Waals surface area contributed by atoms with E-state index in [1.54, 1.807) is 6.92 Å². The molecule has 1 saturated carbocycles. The van der Waals surface area contributed by atoms with Crippen molar-refractivity contribution in [2.24, 2.45) is 5.92 Å². The van der Waals surface area contributed by atoms with Crippen LogP contribution in [0.1, 0.15) is 49.4 Å². The van der Waals surface area contributed by atoms with Crippen molar-refractivity contribution in [3.05, 3.63) is 41.5 Å². The Morgan fingerprint density at radius 1 is 1.27 bits per heavy atom. The number of aromatic nitrogens is 2. The van der Waals surface area contributed by atoms with Crippen molar-refractivity contribution in [1.82, 2.24) is 10.1 Å². The largest absolute Gasteiger partial charge is 0.339 e. The zero-order valence-corrected chi connectivity index (χ0v) is 12.8. The molecule has 1 aromatic carbocycles. The predicted octanol–water partition coefficient (Wildman–Crippen LogP) is 3.49. The van der Waals surface area contributed by atoms with Crippen molar-refractivity contribution >= 4 is 11.6 Å². The van der Waals surface area contributed by atoms with Crippen LogP contribution in [0, 0.1) is 12.8 Å². The van der Waals surface area contributed by atoms with Crippen LogP contribution in [-0.4, -0.2) is 16.0 Å². The number of carbonyl (C=O) groups is 1. The van der Waals surface area contributed by atoms with Crippen molar-refractivity contribution in [2.45, 2.75) is 45.4 Å². The average molecular weight is 299 g/mol. The van der Waals surface area contributed by atoms with Crippen LogP contribution in [0.2, 0.25) is 0 Å². The molecule has 1 aliphatic rings. The summed E-state index contributed by atoms with van der Waals surface area (Å²) in [5.41, 5.74) is 1.84. The van der Waals surface area contributed by atoms with E-state index in [-0.39, 0.29) is 11.8 Å². The van der Waals surface area contributed by atoms with Crippen molar-refractivity contribution in [1.29, 1.82) is 0 Å². The number of nitrogens with zero attached hydrogens (tertiary/aromatic N) is 2. The van der Waals surface area contributed by atoms with Gasteiger partial charge in [0.15, 0.2) is 5.82 Å². The number of hydrogen-bond acceptors (Lipinski definition) is 4. The molecule has 2 aromatic rings. The molecule has 1 N–H and O–H groups in total. The molecule has 1 aliphatic carbocycles. The lowest BCUT2D eigenvalue weighted by Crippen LogP contribution is -2.25. The van der Waals surface area contributed by atoms with Crippen molar-refractivity contribution in [3.8, 4) is 0 Å². The summed E-state index contributed by atoms with van der Waals surface area (Å²) in [6.07, 6.45) is 6.08. The number of benzene rings is 1. The molecule has 0 bridgehead atoms. The first-order valence-corrected chi connectivity index (χ1v) is 7.90. The topological polar surface area (TPSA) is 68.0 Å². The fourth-order valence-electron chi connectivity index (χ4n) is 2.97. The summed E-state index contributed by atoms with van der Waals surface area (Å²) in [6.45, 7) is 1.80. The van der Waals surface area contributed by atoms with E-state index in [4.69, 9.17) is 4.52 Å². The Balaban J connectivity index is 1.71. The quantitative estimate of drug-likeness (QED) is 0.938. The second-order valence-electron chi connectivity index (χ2n) is 5.89. The highest BCUT2D eigenvalue weighted by Crippen LogP contribution is 2.26. The molecule has 1 fully saturated rings. The van der Waals surface area contributed by atoms with Crippen LogP contribution in [0.5, 0.6) is 0 Å². The molecule has 5 nitrogen and oxygen atoms in total. The number of nitrogens with one attached hydrogen (secondary N) is 1. The Hall–Kier alpha value is -2.17. The normalized spacial score (nSPS) is 15.7. The number of hydrogen-bond donors (Lipinski definition) is 1. The van der Waals surface area contributed by atoms with Crippen molar-refractivity contribution in [2.75, 3.05) is 5.32 Å². The maximum Gasteiger partial charge on any atom is 0.231 e. The van der Waals surface area contributed by atoms with Gasteiger partial charge in [-0.25, -0.2) is 0 Å². The summed E-state index contributed by atoms with van der Waals surface area (Å²) < 4.78 is 5.17. The molecule has 0 aliphatic heterocycles. The molecule has 0 spiro atoms. The van der Waals surface area contributed by atoms with Gasteiger partial charge in [-0.1, -0.05) is 42.6 Å². The van der Waals surface area contributed by atoms with Gasteiger partial charge in [-0.05, 0) is 31.4 Å². The Kier molecular flexibility index (Phi) is 4.51. The lowest BCUT2D eigenvalue weighted by molar-refractivity contribution is -0.120. The number of rotatable bonds is 4. The Morgan fingerprint density at radius 2 is 2.05 bits per heavy atom. The van der Waals surface area contributed by atoms with E-state index in [1.807, 2.05) is 24.3 Å². The minimum absolute atomic E-state index is 0.133. The van der Waals surface area contributed by atoms with Gasteiger partial charge in [0.05, 0.1) is 6.42 Å². The summed E-state index contributed by atoms with van der Waals surface area (Å²) in [5.74, 6) is 1.47. The lowest BCUT2D eigenvalue weighted by Gasteiger charge is -2.21. The molecule has 5 heteroatoms. The standard InChI is InChI=1S/C17H21N3O2/c1-12-18-16(22-20-12)11-14-9-5-6-10-15(14)19-17(21)13-7-3-2-4-8-13/h5-6,9-10,13H,2-4,7-8,11H2,1H3,(H,19,21). The highest BCUT2D eigenvalue weighted by Gasteiger charge is 2.21. The van der Waals surface area contributed by atoms with E-state index in [0.29, 0.717) is 18.1 Å². The molecule has 0 saturated heterocycles. The van der Waals surface area contributed by atoms with E-state index in [2.05, 4.69) is 15.5 Å². The van der Waals surface area contributed by atoms with Crippen LogP contribution >= 0.6 is 0 Å². The van der Waals surface area contributed by atoms with E-state index in [1.165, 1.54) is 6.42 Å². The first-order chi connectivity index (χ1) is 10.7. The highest BCUT2D eigenvalue weighted by atomic mass is 16.5. The number of amides is 1. The second kappa shape index (κ2) is 6.73. The maximum atomic E-state index is 12.4. The van der Waals surface area contributed by atoms with Crippen molar-refractivity contribution in [3.63, 3.8) is 0 Å². The van der Waals surface area contributed by atoms with E-state index in [0.717, 1.165) is 36.9 Å². The Bertz CT molecular complexity index is 645. The SMILES string of the molecule is Cc1noc(Cc2ccccc2NC(=O)C2CCCCC2)n1. The fraction of sp³-hybridized carbons (Fsp3) is 0.471. The molecular formula is C17H21N3O2. The third-order valence-electron chi connectivity index (χ3n) is 4.16. The van der Waals surface area contributed by atoms with Gasteiger partial charge in [0.2, 0.25) is 11.8 Å². The van der Waals surface area contributed by atoms with Gasteiger partial charge >= 0.3 is 0 Å². The molecule has 0 atom stereocenters. The fourth-order valence-corrected chi connectivity index (χ4v) is 2.97. The third kappa shape index (κ3) is 3.53. The van der Waals surface area contributed by atoms with Gasteiger partial charge in [-0.15, -0.1) is 0 Å². The monoisotopic (exact) mass is 299 g/mol. The summed E-state index contributed by atoms with van der Waals surface area (Å²) in [6, 6.07) is 7.79. The van der Waals surface area contributed by atoms with Gasteiger partial charge in [0, 0.05) is 11.6 Å². The summed E-state index contributed by atoms with van der Waals surface area (Å²) >= 11 is 0. The smallest absolute Gasteiger partial charge is 0.231 e. The van der Waals surface area contributed by atoms with Crippen LogP contribution in [0.3, 0.4) is 0 Å². The minimum atomic E-state index is 0.133. The first-order valence-electron chi connectivity index (χ1n) is 7.90. The zero-order chi connectivity index (χ0) is 15.4. The molecular weight excluding hydrogens is 278 g/mol. The predicted molar refractivity (Wildman–Crippen MR) is 83.5 cm³/mol. The van der Waals surface area contributed by atoms with Crippen LogP contribution in [0.15, 0.2) is 28.8 Å². The molecule has 1 aromatic heterocycles. The average Bonchev–Trinajstić information content (AvgIpc) is 2.95. The number of anilines is 1. The van der Waals surface area contributed by atoms with Gasteiger partial charge in [-0.3, -0.25) is 4.79 Å². The lowest BCUT2D eigenvalue weighted by atomic mass is 9.88. The number of carbonyl (C=O) groups excluding carboxylic acids is 1. The Labute approximate surface area is 130 Å². The van der Waals surface area contributed by atoms with E-state index in [9.17, 15) is 4.79 Å². The van der Waals surface area contributed by atoms with Crippen LogP contribution in [0.25, 0.3) is 0 Å². The molecule has 116 valence electrons. The summed E-state index contributed by atoms with van der Waals surface area (Å²) in [7, 11) is 0. The van der Waals surface area contributed by atoms with Gasteiger partial charge < -0.3 is 9.84 Å². The molecule has 22 heavy (non-hydrogen) atoms. The van der Waals surface area contributed by atoms with E-state index >= 15 is 0 Å². The number of para-hydroxylation sites is 1. The van der Waals surface area contributed by atoms with Crippen LogP contribution in [0.4, 0.5) is 5.69 Å². The second-order valence-corrected chi connectivity index (χ2v) is 5.89. The van der Waals surface area contributed by atoms with Crippen LogP contribution < -0.4 is 5.32 Å². The van der Waals surface area contributed by atoms with Gasteiger partial charge in [-0.2, -0.15) is 4.98 Å². The maximum absolute atomic E-state index is 12.4. The zero-order valence-electron chi connectivity index (χ0n) is 12.8. The molecule has 1 amide bonds. The third-order valence-corrected chi connectivity index (χ3v) is 4.16. The minimum Gasteiger partial charge on any atom is -0.339 e. The highest BCUT2D eigenvalue weighted by molar-refractivity contribution is 5.93.